The number of aromatic nitrogens is 1. The number of anilines is 2. The monoisotopic (exact) mass is 405 g/mol. The molecule has 1 fully saturated rings. The number of carbonyl (C=O) groups is 2. The van der Waals surface area contributed by atoms with E-state index in [4.69, 9.17) is 5.11 Å². The van der Waals surface area contributed by atoms with Crippen molar-refractivity contribution in [3.63, 3.8) is 0 Å². The minimum Gasteiger partial charge on any atom is -0.465 e. The Balaban J connectivity index is 1.56. The highest BCUT2D eigenvalue weighted by Crippen LogP contribution is 2.42. The third kappa shape index (κ3) is 3.32. The van der Waals surface area contributed by atoms with Crippen molar-refractivity contribution in [2.75, 3.05) is 23.3 Å². The summed E-state index contributed by atoms with van der Waals surface area (Å²) in [7, 11) is 0. The average molecular weight is 405 g/mol. The van der Waals surface area contributed by atoms with E-state index in [-0.39, 0.29) is 11.9 Å². The Hall–Kier alpha value is -3.60. The Morgan fingerprint density at radius 3 is 2.67 bits per heavy atom. The number of likely N-dealkylation sites (tertiary alicyclic amines) is 1. The van der Waals surface area contributed by atoms with Crippen LogP contribution in [0.2, 0.25) is 0 Å². The van der Waals surface area contributed by atoms with Gasteiger partial charge >= 0.3 is 6.09 Å². The molecule has 4 rings (SSSR count). The zero-order chi connectivity index (χ0) is 21.5. The number of amides is 2. The summed E-state index contributed by atoms with van der Waals surface area (Å²) in [5, 5.41) is 21.7. The molecule has 154 valence electrons. The van der Waals surface area contributed by atoms with Crippen molar-refractivity contribution < 1.29 is 14.7 Å². The van der Waals surface area contributed by atoms with Crippen LogP contribution in [0.5, 0.6) is 0 Å². The standard InChI is InChI=1S/C22H23N5O3/c1-22(2)19-9-14(11-23)3-4-18(19)20(28)27(22)17-10-16(12-24-13-17)25-15-5-7-26(8-6-15)21(29)30/h3-4,9-10,12-13,15,25H,5-8H2,1-2H3,(H,29,30). The first-order valence-electron chi connectivity index (χ1n) is 9.90. The van der Waals surface area contributed by atoms with Gasteiger partial charge in [-0.05, 0) is 56.5 Å². The van der Waals surface area contributed by atoms with Crippen molar-refractivity contribution in [2.45, 2.75) is 38.3 Å². The van der Waals surface area contributed by atoms with Crippen LogP contribution in [0.1, 0.15) is 48.2 Å². The van der Waals surface area contributed by atoms with Gasteiger partial charge in [-0.1, -0.05) is 0 Å². The predicted octanol–water partition coefficient (Wildman–Crippen LogP) is 3.40. The Labute approximate surface area is 174 Å². The largest absolute Gasteiger partial charge is 0.465 e. The highest BCUT2D eigenvalue weighted by molar-refractivity contribution is 6.12. The van der Waals surface area contributed by atoms with Gasteiger partial charge in [-0.2, -0.15) is 5.26 Å². The number of nitrogens with one attached hydrogen (secondary N) is 1. The lowest BCUT2D eigenvalue weighted by atomic mass is 9.92. The molecule has 0 atom stereocenters. The smallest absolute Gasteiger partial charge is 0.407 e. The summed E-state index contributed by atoms with van der Waals surface area (Å²) in [6.45, 7) is 4.90. The second kappa shape index (κ2) is 7.34. The molecule has 0 spiro atoms. The van der Waals surface area contributed by atoms with Crippen molar-refractivity contribution in [2.24, 2.45) is 0 Å². The fourth-order valence-corrected chi connectivity index (χ4v) is 4.32. The number of nitriles is 1. The van der Waals surface area contributed by atoms with Gasteiger partial charge < -0.3 is 15.3 Å². The van der Waals surface area contributed by atoms with E-state index in [2.05, 4.69) is 16.4 Å². The third-order valence-electron chi connectivity index (χ3n) is 5.92. The van der Waals surface area contributed by atoms with Crippen molar-refractivity contribution in [3.05, 3.63) is 53.3 Å². The van der Waals surface area contributed by atoms with Crippen LogP contribution in [0.3, 0.4) is 0 Å². The number of hydrogen-bond acceptors (Lipinski definition) is 5. The number of fused-ring (bicyclic) bond motifs is 1. The van der Waals surface area contributed by atoms with E-state index in [9.17, 15) is 14.9 Å². The fraction of sp³-hybridized carbons (Fsp3) is 0.364. The first-order chi connectivity index (χ1) is 14.3. The van der Waals surface area contributed by atoms with Crippen molar-refractivity contribution >= 4 is 23.4 Å². The van der Waals surface area contributed by atoms with E-state index >= 15 is 0 Å². The highest BCUT2D eigenvalue weighted by Gasteiger charge is 2.44. The lowest BCUT2D eigenvalue weighted by Gasteiger charge is -2.33. The Morgan fingerprint density at radius 1 is 1.27 bits per heavy atom. The quantitative estimate of drug-likeness (QED) is 0.810. The Morgan fingerprint density at radius 2 is 2.00 bits per heavy atom. The van der Waals surface area contributed by atoms with Gasteiger partial charge in [0.25, 0.3) is 5.91 Å². The van der Waals surface area contributed by atoms with E-state index in [0.717, 1.165) is 11.3 Å². The van der Waals surface area contributed by atoms with Gasteiger partial charge in [0.05, 0.1) is 40.9 Å². The average Bonchev–Trinajstić information content (AvgIpc) is 2.93. The maximum Gasteiger partial charge on any atom is 0.407 e. The number of carboxylic acid groups (broad SMARTS) is 1. The molecule has 2 aliphatic heterocycles. The van der Waals surface area contributed by atoms with Gasteiger partial charge in [0.1, 0.15) is 0 Å². The highest BCUT2D eigenvalue weighted by atomic mass is 16.4. The molecule has 3 heterocycles. The van der Waals surface area contributed by atoms with Crippen LogP contribution < -0.4 is 10.2 Å². The molecule has 0 saturated carbocycles. The van der Waals surface area contributed by atoms with Gasteiger partial charge in [-0.15, -0.1) is 0 Å². The maximum absolute atomic E-state index is 13.1. The SMILES string of the molecule is CC1(C)c2cc(C#N)ccc2C(=O)N1c1cncc(NC2CCN(C(=O)O)CC2)c1. The van der Waals surface area contributed by atoms with Crippen LogP contribution in [0.4, 0.5) is 16.2 Å². The molecular formula is C22H23N5O3. The Bertz CT molecular complexity index is 1050. The molecule has 0 aliphatic carbocycles. The number of carbonyl (C=O) groups excluding carboxylic acids is 1. The second-order valence-electron chi connectivity index (χ2n) is 8.19. The molecule has 2 amide bonds. The van der Waals surface area contributed by atoms with Crippen molar-refractivity contribution in [1.29, 1.82) is 5.26 Å². The van der Waals surface area contributed by atoms with Gasteiger partial charge in [-0.25, -0.2) is 4.79 Å². The first-order valence-corrected chi connectivity index (χ1v) is 9.90. The topological polar surface area (TPSA) is 110 Å². The number of piperidine rings is 1. The molecule has 8 nitrogen and oxygen atoms in total. The van der Waals surface area contributed by atoms with E-state index in [1.807, 2.05) is 19.9 Å². The van der Waals surface area contributed by atoms with Crippen molar-refractivity contribution in [3.8, 4) is 6.07 Å². The number of pyridine rings is 1. The zero-order valence-corrected chi connectivity index (χ0v) is 16.9. The van der Waals surface area contributed by atoms with E-state index in [1.54, 1.807) is 35.5 Å². The summed E-state index contributed by atoms with van der Waals surface area (Å²) in [6.07, 6.45) is 3.92. The number of nitrogens with zero attached hydrogens (tertiary/aromatic N) is 4. The lowest BCUT2D eigenvalue weighted by molar-refractivity contribution is 0.0982. The van der Waals surface area contributed by atoms with Crippen LogP contribution >= 0.6 is 0 Å². The van der Waals surface area contributed by atoms with Crippen LogP contribution in [0.15, 0.2) is 36.7 Å². The van der Waals surface area contributed by atoms with Gasteiger partial charge in [0, 0.05) is 24.7 Å². The molecule has 8 heteroatoms. The normalized spacial score (nSPS) is 18.1. The molecule has 2 aliphatic rings. The third-order valence-corrected chi connectivity index (χ3v) is 5.92. The molecule has 1 saturated heterocycles. The van der Waals surface area contributed by atoms with E-state index < -0.39 is 11.6 Å². The summed E-state index contributed by atoms with van der Waals surface area (Å²) >= 11 is 0. The molecule has 30 heavy (non-hydrogen) atoms. The predicted molar refractivity (Wildman–Crippen MR) is 111 cm³/mol. The molecule has 1 aromatic heterocycles. The van der Waals surface area contributed by atoms with E-state index in [0.29, 0.717) is 42.7 Å². The second-order valence-corrected chi connectivity index (χ2v) is 8.19. The van der Waals surface area contributed by atoms with Crippen molar-refractivity contribution in [1.82, 2.24) is 9.88 Å². The summed E-state index contributed by atoms with van der Waals surface area (Å²) < 4.78 is 0. The van der Waals surface area contributed by atoms with Crippen LogP contribution in [-0.4, -0.2) is 46.1 Å². The number of hydrogen-bond donors (Lipinski definition) is 2. The fourth-order valence-electron chi connectivity index (χ4n) is 4.32. The molecule has 2 N–H and O–H groups in total. The molecule has 1 aromatic carbocycles. The molecule has 2 aromatic rings. The minimum atomic E-state index is -0.883. The van der Waals surface area contributed by atoms with Gasteiger partial charge in [0.2, 0.25) is 0 Å². The zero-order valence-electron chi connectivity index (χ0n) is 16.9. The Kier molecular flexibility index (Phi) is 4.82. The first kappa shape index (κ1) is 19.7. The molecule has 0 unspecified atom stereocenters. The lowest BCUT2D eigenvalue weighted by Crippen LogP contribution is -2.41. The minimum absolute atomic E-state index is 0.117. The van der Waals surface area contributed by atoms with Crippen LogP contribution in [-0.2, 0) is 5.54 Å². The maximum atomic E-state index is 13.1. The molecule has 0 bridgehead atoms. The molecule has 0 radical (unpaired) electrons. The molecular weight excluding hydrogens is 382 g/mol. The van der Waals surface area contributed by atoms with Gasteiger partial charge in [-0.3, -0.25) is 14.7 Å². The van der Waals surface area contributed by atoms with Gasteiger partial charge in [0.15, 0.2) is 0 Å². The summed E-state index contributed by atoms with van der Waals surface area (Å²) in [5.74, 6) is -0.117. The van der Waals surface area contributed by atoms with Crippen LogP contribution in [0, 0.1) is 11.3 Å². The number of benzene rings is 1. The number of rotatable bonds is 3. The summed E-state index contributed by atoms with van der Waals surface area (Å²) in [4.78, 5) is 31.7. The summed E-state index contributed by atoms with van der Waals surface area (Å²) in [6, 6.07) is 9.33. The summed E-state index contributed by atoms with van der Waals surface area (Å²) in [5.41, 5.74) is 2.79. The van der Waals surface area contributed by atoms with Crippen LogP contribution in [0.25, 0.3) is 0 Å². The van der Waals surface area contributed by atoms with E-state index in [1.165, 1.54) is 4.90 Å².